The van der Waals surface area contributed by atoms with Crippen LogP contribution in [-0.2, 0) is 11.2 Å². The number of aromatic amines is 1. The second-order valence-electron chi connectivity index (χ2n) is 3.79. The lowest BCUT2D eigenvalue weighted by Crippen LogP contribution is -2.17. The van der Waals surface area contributed by atoms with E-state index in [2.05, 4.69) is 11.1 Å². The number of ketones is 1. The lowest BCUT2D eigenvalue weighted by atomic mass is 9.84. The Balaban J connectivity index is 2.43. The normalized spacial score (nSPS) is 19.1. The van der Waals surface area contributed by atoms with Crippen molar-refractivity contribution in [3.8, 4) is 6.07 Å². The molecule has 1 aromatic carbocycles. The van der Waals surface area contributed by atoms with Gasteiger partial charge < -0.3 is 4.98 Å². The van der Waals surface area contributed by atoms with E-state index in [4.69, 9.17) is 5.26 Å². The van der Waals surface area contributed by atoms with E-state index in [1.54, 1.807) is 0 Å². The minimum absolute atomic E-state index is 0.00269. The number of carbonyl (C=O) groups is 1. The number of nitrogens with zero attached hydrogens (tertiary/aromatic N) is 1. The van der Waals surface area contributed by atoms with E-state index < -0.39 is 5.92 Å². The summed E-state index contributed by atoms with van der Waals surface area (Å²) in [5.41, 5.74) is 2.87. The molecule has 0 bridgehead atoms. The first-order valence-corrected chi connectivity index (χ1v) is 4.82. The van der Waals surface area contributed by atoms with Crippen molar-refractivity contribution in [1.29, 1.82) is 5.26 Å². The molecule has 1 unspecified atom stereocenters. The van der Waals surface area contributed by atoms with Crippen molar-refractivity contribution in [2.75, 3.05) is 0 Å². The molecule has 1 N–H and O–H groups in total. The van der Waals surface area contributed by atoms with Crippen LogP contribution in [0.3, 0.4) is 0 Å². The van der Waals surface area contributed by atoms with E-state index in [-0.39, 0.29) is 5.78 Å². The van der Waals surface area contributed by atoms with Crippen LogP contribution in [0.25, 0.3) is 10.9 Å². The monoisotopic (exact) mass is 196 g/mol. The molecule has 0 fully saturated rings. The van der Waals surface area contributed by atoms with Crippen LogP contribution in [0.4, 0.5) is 0 Å². The summed E-state index contributed by atoms with van der Waals surface area (Å²) in [6.07, 6.45) is 2.23. The topological polar surface area (TPSA) is 56.6 Å². The Bertz CT molecular complexity index is 604. The molecule has 2 aromatic rings. The third-order valence-corrected chi connectivity index (χ3v) is 2.95. The maximum atomic E-state index is 11.7. The number of Topliss-reactive ketones (excluding diaryl/α,β-unsaturated/α-hetero) is 1. The first-order chi connectivity index (χ1) is 7.31. The van der Waals surface area contributed by atoms with E-state index in [0.717, 1.165) is 22.0 Å². The van der Waals surface area contributed by atoms with E-state index in [9.17, 15) is 4.79 Å². The number of hydrogen-bond donors (Lipinski definition) is 1. The molecular formula is C12H8N2O. The molecule has 0 saturated heterocycles. The minimum Gasteiger partial charge on any atom is -0.361 e. The lowest BCUT2D eigenvalue weighted by molar-refractivity contribution is -0.118. The van der Waals surface area contributed by atoms with Crippen molar-refractivity contribution in [3.05, 3.63) is 35.5 Å². The van der Waals surface area contributed by atoms with Crippen LogP contribution in [0.15, 0.2) is 24.4 Å². The number of nitrogens with one attached hydrogen (secondary N) is 1. The molecule has 0 spiro atoms. The number of H-pyrrole nitrogens is 1. The zero-order valence-corrected chi connectivity index (χ0v) is 7.95. The van der Waals surface area contributed by atoms with Gasteiger partial charge in [0.25, 0.3) is 0 Å². The van der Waals surface area contributed by atoms with Crippen molar-refractivity contribution in [2.45, 2.75) is 12.3 Å². The summed E-state index contributed by atoms with van der Waals surface area (Å²) < 4.78 is 0. The number of hydrogen-bond acceptors (Lipinski definition) is 2. The highest BCUT2D eigenvalue weighted by atomic mass is 16.1. The summed E-state index contributed by atoms with van der Waals surface area (Å²) in [4.78, 5) is 14.8. The highest BCUT2D eigenvalue weighted by molar-refractivity contribution is 6.02. The van der Waals surface area contributed by atoms with Crippen LogP contribution in [0.1, 0.15) is 17.0 Å². The Morgan fingerprint density at radius 3 is 3.13 bits per heavy atom. The predicted octanol–water partition coefficient (Wildman–Crippen LogP) is 1.90. The van der Waals surface area contributed by atoms with Crippen molar-refractivity contribution < 1.29 is 4.79 Å². The predicted molar refractivity (Wildman–Crippen MR) is 55.4 cm³/mol. The molecule has 1 heterocycles. The highest BCUT2D eigenvalue weighted by Crippen LogP contribution is 2.34. The molecule has 15 heavy (non-hydrogen) atoms. The molecule has 0 saturated carbocycles. The van der Waals surface area contributed by atoms with Crippen LogP contribution in [0.2, 0.25) is 0 Å². The average molecular weight is 196 g/mol. The number of aromatic nitrogens is 1. The SMILES string of the molecule is N#CC1C(=O)Cc2c[nH]c3cccc1c23. The van der Waals surface area contributed by atoms with E-state index in [1.807, 2.05) is 24.4 Å². The Morgan fingerprint density at radius 1 is 1.47 bits per heavy atom. The summed E-state index contributed by atoms with van der Waals surface area (Å²) in [6.45, 7) is 0. The van der Waals surface area contributed by atoms with Gasteiger partial charge in [0.1, 0.15) is 5.92 Å². The largest absolute Gasteiger partial charge is 0.361 e. The molecular weight excluding hydrogens is 188 g/mol. The van der Waals surface area contributed by atoms with Crippen molar-refractivity contribution >= 4 is 16.7 Å². The maximum Gasteiger partial charge on any atom is 0.158 e. The van der Waals surface area contributed by atoms with Gasteiger partial charge >= 0.3 is 0 Å². The van der Waals surface area contributed by atoms with Crippen LogP contribution in [0, 0.1) is 11.3 Å². The number of rotatable bonds is 0. The molecule has 0 radical (unpaired) electrons. The Kier molecular flexibility index (Phi) is 1.49. The molecule has 3 rings (SSSR count). The molecule has 1 aliphatic rings. The first-order valence-electron chi connectivity index (χ1n) is 4.82. The van der Waals surface area contributed by atoms with Gasteiger partial charge in [-0.2, -0.15) is 5.26 Å². The molecule has 0 amide bonds. The second-order valence-corrected chi connectivity index (χ2v) is 3.79. The molecule has 1 aliphatic carbocycles. The van der Waals surface area contributed by atoms with Gasteiger partial charge in [-0.1, -0.05) is 12.1 Å². The fourth-order valence-electron chi connectivity index (χ4n) is 2.27. The van der Waals surface area contributed by atoms with Gasteiger partial charge in [-0.3, -0.25) is 4.79 Å². The molecule has 3 heteroatoms. The van der Waals surface area contributed by atoms with Gasteiger partial charge in [0.15, 0.2) is 5.78 Å². The van der Waals surface area contributed by atoms with Crippen LogP contribution < -0.4 is 0 Å². The van der Waals surface area contributed by atoms with Gasteiger partial charge in [0.2, 0.25) is 0 Å². The summed E-state index contributed by atoms with van der Waals surface area (Å²) in [7, 11) is 0. The molecule has 3 nitrogen and oxygen atoms in total. The first kappa shape index (κ1) is 8.25. The van der Waals surface area contributed by atoms with Crippen LogP contribution in [-0.4, -0.2) is 10.8 Å². The fraction of sp³-hybridized carbons (Fsp3) is 0.167. The fourth-order valence-corrected chi connectivity index (χ4v) is 2.27. The molecule has 72 valence electrons. The molecule has 1 atom stereocenters. The third-order valence-electron chi connectivity index (χ3n) is 2.95. The molecule has 0 aliphatic heterocycles. The Morgan fingerprint density at radius 2 is 2.33 bits per heavy atom. The summed E-state index contributed by atoms with van der Waals surface area (Å²) in [5.74, 6) is -0.589. The quantitative estimate of drug-likeness (QED) is 0.699. The Labute approximate surface area is 86.3 Å². The van der Waals surface area contributed by atoms with Gasteiger partial charge in [-0.05, 0) is 17.2 Å². The van der Waals surface area contributed by atoms with Crippen molar-refractivity contribution in [3.63, 3.8) is 0 Å². The van der Waals surface area contributed by atoms with Crippen molar-refractivity contribution in [1.82, 2.24) is 4.98 Å². The van der Waals surface area contributed by atoms with Crippen molar-refractivity contribution in [2.24, 2.45) is 0 Å². The Hall–Kier alpha value is -2.08. The van der Waals surface area contributed by atoms with E-state index in [0.29, 0.717) is 6.42 Å². The minimum atomic E-state index is -0.586. The number of nitriles is 1. The van der Waals surface area contributed by atoms with E-state index in [1.165, 1.54) is 0 Å². The second kappa shape index (κ2) is 2.71. The standard InChI is InChI=1S/C12H8N2O/c13-5-9-8-2-1-3-10-12(8)7(6-14-10)4-11(9)15/h1-3,6,9,14H,4H2. The molecule has 1 aromatic heterocycles. The van der Waals surface area contributed by atoms with Crippen LogP contribution >= 0.6 is 0 Å². The summed E-state index contributed by atoms with van der Waals surface area (Å²) in [5, 5.41) is 10.1. The van der Waals surface area contributed by atoms with E-state index >= 15 is 0 Å². The van der Waals surface area contributed by atoms with Crippen LogP contribution in [0.5, 0.6) is 0 Å². The highest BCUT2D eigenvalue weighted by Gasteiger charge is 2.29. The maximum absolute atomic E-state index is 11.7. The zero-order chi connectivity index (χ0) is 10.4. The van der Waals surface area contributed by atoms with Gasteiger partial charge in [0.05, 0.1) is 6.07 Å². The number of carbonyl (C=O) groups excluding carboxylic acids is 1. The third kappa shape index (κ3) is 0.962. The van der Waals surface area contributed by atoms with Gasteiger partial charge in [0, 0.05) is 23.5 Å². The average Bonchev–Trinajstić information content (AvgIpc) is 2.64. The number of benzene rings is 1. The zero-order valence-electron chi connectivity index (χ0n) is 7.95. The summed E-state index contributed by atoms with van der Waals surface area (Å²) in [6, 6.07) is 7.79. The van der Waals surface area contributed by atoms with Gasteiger partial charge in [-0.25, -0.2) is 0 Å². The lowest BCUT2D eigenvalue weighted by Gasteiger charge is -2.15. The van der Waals surface area contributed by atoms with Gasteiger partial charge in [-0.15, -0.1) is 0 Å². The summed E-state index contributed by atoms with van der Waals surface area (Å²) >= 11 is 0. The smallest absolute Gasteiger partial charge is 0.158 e.